The molecule has 0 amide bonds. The maximum atomic E-state index is 12.3. The number of hydrogen-bond acceptors (Lipinski definition) is 2. The number of carbonyl (C=O) groups is 1. The van der Waals surface area contributed by atoms with E-state index >= 15 is 0 Å². The van der Waals surface area contributed by atoms with Crippen molar-refractivity contribution in [2.24, 2.45) is 7.05 Å². The van der Waals surface area contributed by atoms with Crippen molar-refractivity contribution in [3.8, 4) is 0 Å². The number of benzene rings is 1. The van der Waals surface area contributed by atoms with Crippen LogP contribution in [-0.4, -0.2) is 15.3 Å². The summed E-state index contributed by atoms with van der Waals surface area (Å²) in [4.78, 5) is 16.5. The average Bonchev–Trinajstić information content (AvgIpc) is 2.85. The first kappa shape index (κ1) is 12.2. The van der Waals surface area contributed by atoms with Gasteiger partial charge in [0.05, 0.1) is 0 Å². The van der Waals surface area contributed by atoms with Crippen molar-refractivity contribution in [2.45, 2.75) is 31.6 Å². The van der Waals surface area contributed by atoms with Crippen molar-refractivity contribution in [3.05, 3.63) is 53.6 Å². The lowest BCUT2D eigenvalue weighted by Crippen LogP contribution is -2.16. The highest BCUT2D eigenvalue weighted by molar-refractivity contribution is 5.93. The highest BCUT2D eigenvalue weighted by atomic mass is 16.1. The fourth-order valence-corrected chi connectivity index (χ4v) is 3.02. The molecule has 0 radical (unpaired) electrons. The van der Waals surface area contributed by atoms with Gasteiger partial charge >= 0.3 is 0 Å². The van der Waals surface area contributed by atoms with Crippen LogP contribution >= 0.6 is 0 Å². The van der Waals surface area contributed by atoms with Gasteiger partial charge in [-0.15, -0.1) is 0 Å². The maximum Gasteiger partial charge on any atom is 0.198 e. The minimum Gasteiger partial charge on any atom is -0.332 e. The van der Waals surface area contributed by atoms with Crippen LogP contribution in [0.4, 0.5) is 0 Å². The smallest absolute Gasteiger partial charge is 0.198 e. The van der Waals surface area contributed by atoms with Gasteiger partial charge in [0.2, 0.25) is 0 Å². The van der Waals surface area contributed by atoms with Gasteiger partial charge < -0.3 is 4.57 Å². The van der Waals surface area contributed by atoms with Gasteiger partial charge in [0.1, 0.15) is 0 Å². The van der Waals surface area contributed by atoms with E-state index in [0.717, 1.165) is 12.8 Å². The van der Waals surface area contributed by atoms with E-state index in [9.17, 15) is 4.79 Å². The molecule has 1 aromatic carbocycles. The summed E-state index contributed by atoms with van der Waals surface area (Å²) in [6.45, 7) is 0. The Morgan fingerprint density at radius 2 is 2.26 bits per heavy atom. The number of aryl methyl sites for hydroxylation is 2. The third-order valence-corrected chi connectivity index (χ3v) is 4.00. The zero-order valence-corrected chi connectivity index (χ0v) is 11.2. The number of aromatic nitrogens is 2. The molecular formula is C16H18N2O. The summed E-state index contributed by atoms with van der Waals surface area (Å²) < 4.78 is 1.80. The average molecular weight is 254 g/mol. The first-order valence-electron chi connectivity index (χ1n) is 6.84. The fourth-order valence-electron chi connectivity index (χ4n) is 3.02. The number of Topliss-reactive ketones (excluding diaryl/α,β-unsaturated/α-hetero) is 1. The first-order valence-corrected chi connectivity index (χ1v) is 6.84. The molecule has 1 aromatic heterocycles. The number of nitrogens with zero attached hydrogens (tertiary/aromatic N) is 2. The zero-order chi connectivity index (χ0) is 13.2. The van der Waals surface area contributed by atoms with Gasteiger partial charge in [0, 0.05) is 25.9 Å². The van der Waals surface area contributed by atoms with Crippen LogP contribution in [0.1, 0.15) is 46.9 Å². The van der Waals surface area contributed by atoms with E-state index in [2.05, 4.69) is 29.2 Å². The summed E-state index contributed by atoms with van der Waals surface area (Å²) in [7, 11) is 1.87. The van der Waals surface area contributed by atoms with Crippen LogP contribution in [0.3, 0.4) is 0 Å². The molecule has 98 valence electrons. The van der Waals surface area contributed by atoms with Gasteiger partial charge in [-0.25, -0.2) is 4.98 Å². The van der Waals surface area contributed by atoms with Crippen LogP contribution in [-0.2, 0) is 13.5 Å². The number of carbonyl (C=O) groups excluding carboxylic acids is 1. The Balaban J connectivity index is 1.82. The van der Waals surface area contributed by atoms with Crippen molar-refractivity contribution in [1.82, 2.24) is 9.55 Å². The number of hydrogen-bond donors (Lipinski definition) is 0. The number of ketones is 1. The molecule has 1 aliphatic rings. The van der Waals surface area contributed by atoms with Gasteiger partial charge in [-0.1, -0.05) is 24.3 Å². The second-order valence-electron chi connectivity index (χ2n) is 5.28. The van der Waals surface area contributed by atoms with Gasteiger partial charge in [-0.2, -0.15) is 0 Å². The lowest BCUT2D eigenvalue weighted by atomic mass is 9.80. The Kier molecular flexibility index (Phi) is 3.20. The molecule has 0 spiro atoms. The molecule has 0 saturated carbocycles. The zero-order valence-electron chi connectivity index (χ0n) is 11.2. The van der Waals surface area contributed by atoms with Crippen molar-refractivity contribution in [1.29, 1.82) is 0 Å². The monoisotopic (exact) mass is 254 g/mol. The largest absolute Gasteiger partial charge is 0.332 e. The van der Waals surface area contributed by atoms with E-state index in [1.54, 1.807) is 10.8 Å². The molecule has 0 bridgehead atoms. The van der Waals surface area contributed by atoms with Crippen molar-refractivity contribution in [3.63, 3.8) is 0 Å². The maximum absolute atomic E-state index is 12.3. The van der Waals surface area contributed by atoms with Crippen LogP contribution in [0.25, 0.3) is 0 Å². The normalized spacial score (nSPS) is 18.1. The first-order chi connectivity index (χ1) is 9.25. The van der Waals surface area contributed by atoms with E-state index in [1.807, 2.05) is 13.2 Å². The third kappa shape index (κ3) is 2.33. The lowest BCUT2D eigenvalue weighted by Gasteiger charge is -2.24. The second kappa shape index (κ2) is 5.00. The van der Waals surface area contributed by atoms with Gasteiger partial charge in [-0.3, -0.25) is 4.79 Å². The topological polar surface area (TPSA) is 34.9 Å². The SMILES string of the molecule is Cn1ccnc1C(=O)CC1CCCc2ccccc21. The Hall–Kier alpha value is -1.90. The number of rotatable bonds is 3. The van der Waals surface area contributed by atoms with E-state index in [4.69, 9.17) is 0 Å². The fraction of sp³-hybridized carbons (Fsp3) is 0.375. The quantitative estimate of drug-likeness (QED) is 0.789. The molecule has 1 heterocycles. The van der Waals surface area contributed by atoms with Gasteiger partial charge in [0.15, 0.2) is 11.6 Å². The minimum absolute atomic E-state index is 0.147. The molecule has 0 aliphatic heterocycles. The van der Waals surface area contributed by atoms with Crippen LogP contribution in [0.5, 0.6) is 0 Å². The lowest BCUT2D eigenvalue weighted by molar-refractivity contribution is 0.0958. The predicted molar refractivity (Wildman–Crippen MR) is 74.3 cm³/mol. The molecule has 0 N–H and O–H groups in total. The minimum atomic E-state index is 0.147. The predicted octanol–water partition coefficient (Wildman–Crippen LogP) is 3.11. The molecule has 0 saturated heterocycles. The Morgan fingerprint density at radius 3 is 3.05 bits per heavy atom. The highest BCUT2D eigenvalue weighted by Gasteiger charge is 2.24. The summed E-state index contributed by atoms with van der Waals surface area (Å²) >= 11 is 0. The van der Waals surface area contributed by atoms with E-state index in [-0.39, 0.29) is 5.78 Å². The molecule has 1 unspecified atom stereocenters. The summed E-state index contributed by atoms with van der Waals surface area (Å²) in [5, 5.41) is 0. The van der Waals surface area contributed by atoms with Gasteiger partial charge in [-0.05, 0) is 36.3 Å². The summed E-state index contributed by atoms with van der Waals surface area (Å²) in [6.07, 6.45) is 7.50. The van der Waals surface area contributed by atoms with Crippen molar-refractivity contribution >= 4 is 5.78 Å². The Morgan fingerprint density at radius 1 is 1.42 bits per heavy atom. The van der Waals surface area contributed by atoms with Crippen LogP contribution in [0.2, 0.25) is 0 Å². The molecule has 0 fully saturated rings. The van der Waals surface area contributed by atoms with Crippen LogP contribution in [0, 0.1) is 0 Å². The Bertz CT molecular complexity index is 600. The molecule has 2 aromatic rings. The van der Waals surface area contributed by atoms with Crippen molar-refractivity contribution in [2.75, 3.05) is 0 Å². The molecule has 1 aliphatic carbocycles. The molecule has 1 atom stereocenters. The molecule has 19 heavy (non-hydrogen) atoms. The van der Waals surface area contributed by atoms with Crippen molar-refractivity contribution < 1.29 is 4.79 Å². The number of imidazole rings is 1. The molecule has 3 heteroatoms. The third-order valence-electron chi connectivity index (χ3n) is 4.00. The molecule has 3 rings (SSSR count). The standard InChI is InChI=1S/C16H18N2O/c1-18-10-9-17-16(18)15(19)11-13-7-4-6-12-5-2-3-8-14(12)13/h2-3,5,8-10,13H,4,6-7,11H2,1H3. The Labute approximate surface area is 113 Å². The summed E-state index contributed by atoms with van der Waals surface area (Å²) in [5.41, 5.74) is 2.77. The number of fused-ring (bicyclic) bond motifs is 1. The molecular weight excluding hydrogens is 236 g/mol. The highest BCUT2D eigenvalue weighted by Crippen LogP contribution is 2.34. The molecule has 3 nitrogen and oxygen atoms in total. The second-order valence-corrected chi connectivity index (χ2v) is 5.28. The summed E-state index contributed by atoms with van der Waals surface area (Å²) in [5.74, 6) is 1.08. The van der Waals surface area contributed by atoms with Crippen LogP contribution < -0.4 is 0 Å². The van der Waals surface area contributed by atoms with E-state index in [0.29, 0.717) is 18.2 Å². The van der Waals surface area contributed by atoms with Crippen LogP contribution in [0.15, 0.2) is 36.7 Å². The van der Waals surface area contributed by atoms with E-state index < -0.39 is 0 Å². The van der Waals surface area contributed by atoms with Gasteiger partial charge in [0.25, 0.3) is 0 Å². The summed E-state index contributed by atoms with van der Waals surface area (Å²) in [6, 6.07) is 8.52. The van der Waals surface area contributed by atoms with E-state index in [1.165, 1.54) is 17.5 Å².